The van der Waals surface area contributed by atoms with Crippen LogP contribution in [-0.2, 0) is 0 Å². The predicted molar refractivity (Wildman–Crippen MR) is 49.9 cm³/mol. The third-order valence-electron chi connectivity index (χ3n) is 0.843. The number of nitrogens with two attached hydrogens (primary N) is 1. The number of primary amides is 1. The first-order valence-electron chi connectivity index (χ1n) is 4.11. The van der Waals surface area contributed by atoms with Gasteiger partial charge in [-0.2, -0.15) is 0 Å². The fourth-order valence-electron chi connectivity index (χ4n) is 0.115. The third kappa shape index (κ3) is 38.2. The van der Waals surface area contributed by atoms with E-state index in [0.717, 1.165) is 0 Å². The van der Waals surface area contributed by atoms with Crippen molar-refractivity contribution in [3.63, 3.8) is 0 Å². The predicted octanol–water partition coefficient (Wildman–Crippen LogP) is -5.05. The van der Waals surface area contributed by atoms with Crippen LogP contribution in [-0.4, -0.2) is 75.4 Å². The molecule has 0 aromatic heterocycles. The van der Waals surface area contributed by atoms with E-state index < -0.39 is 18.3 Å². The Kier molecular flexibility index (Phi) is 21.0. The van der Waals surface area contributed by atoms with Gasteiger partial charge in [0, 0.05) is 0 Å². The normalized spacial score (nSPS) is 9.00. The summed E-state index contributed by atoms with van der Waals surface area (Å²) in [5.41, 5.74) is 3.92. The van der Waals surface area contributed by atoms with Crippen molar-refractivity contribution in [2.75, 3.05) is 26.4 Å². The van der Waals surface area contributed by atoms with Crippen molar-refractivity contribution in [1.82, 2.24) is 0 Å². The molecule has 8 N–H and O–H groups in total. The van der Waals surface area contributed by atoms with Crippen LogP contribution in [0, 0.1) is 0 Å². The lowest BCUT2D eigenvalue weighted by molar-refractivity contribution is -0.245. The number of hydrogen-bond acceptors (Lipinski definition) is 8. The van der Waals surface area contributed by atoms with Crippen molar-refractivity contribution in [2.24, 2.45) is 5.73 Å². The molecule has 0 aromatic rings. The van der Waals surface area contributed by atoms with Crippen molar-refractivity contribution >= 4 is 6.09 Å². The highest BCUT2D eigenvalue weighted by Gasteiger charge is 1.94. The maximum atomic E-state index is 8.67. The molecule has 0 spiro atoms. The summed E-state index contributed by atoms with van der Waals surface area (Å²) in [4.78, 5) is 8.67. The van der Waals surface area contributed by atoms with Crippen LogP contribution in [0.1, 0.15) is 0 Å². The van der Waals surface area contributed by atoms with Gasteiger partial charge in [0.2, 0.25) is 0 Å². The summed E-state index contributed by atoms with van der Waals surface area (Å²) in [5, 5.41) is 56.7. The minimum absolute atomic E-state index is 0.365. The Bertz CT molecular complexity index is 122. The van der Waals surface area contributed by atoms with Crippen molar-refractivity contribution in [3.8, 4) is 0 Å². The van der Waals surface area contributed by atoms with Gasteiger partial charge in [0.05, 0.1) is 26.4 Å². The molecule has 9 nitrogen and oxygen atoms in total. The third-order valence-corrected chi connectivity index (χ3v) is 0.843. The van der Waals surface area contributed by atoms with Gasteiger partial charge in [-0.15, -0.1) is 0 Å². The summed E-state index contributed by atoms with van der Waals surface area (Å²) in [6.07, 6.45) is -3.49. The maximum Gasteiger partial charge on any atom is 0.131 e. The minimum Gasteiger partial charge on any atom is -0.530 e. The standard InChI is InChI=1S/2C3H8O3.CH3NO2/c2*4-1-3(6)2-5;2-1(3)4/h2*3-6H,1-2H2;2H2,(H,3,4)/p-1. The second-order valence-electron chi connectivity index (χ2n) is 2.36. The molecule has 0 saturated heterocycles. The topological polar surface area (TPSA) is 188 Å². The van der Waals surface area contributed by atoms with Crippen LogP contribution < -0.4 is 10.8 Å². The molecule has 100 valence electrons. The van der Waals surface area contributed by atoms with E-state index in [1.54, 1.807) is 0 Å². The first kappa shape index (κ1) is 20.4. The number of carbonyl (C=O) groups excluding carboxylic acids is 1. The van der Waals surface area contributed by atoms with Gasteiger partial charge in [-0.3, -0.25) is 0 Å². The lowest BCUT2D eigenvalue weighted by Crippen LogP contribution is -2.29. The lowest BCUT2D eigenvalue weighted by Gasteiger charge is -1.96. The van der Waals surface area contributed by atoms with Gasteiger partial charge >= 0.3 is 0 Å². The van der Waals surface area contributed by atoms with Gasteiger partial charge in [-0.1, -0.05) is 0 Å². The average molecular weight is 244 g/mol. The molecule has 0 fully saturated rings. The average Bonchev–Trinajstić information content (AvgIpc) is 2.26. The number of hydrogen-bond donors (Lipinski definition) is 7. The van der Waals surface area contributed by atoms with Crippen LogP contribution in [0.5, 0.6) is 0 Å². The van der Waals surface area contributed by atoms with Crippen molar-refractivity contribution < 1.29 is 40.5 Å². The Hall–Kier alpha value is -0.970. The molecule has 0 aromatic carbocycles. The van der Waals surface area contributed by atoms with E-state index in [0.29, 0.717) is 0 Å². The van der Waals surface area contributed by atoms with Crippen molar-refractivity contribution in [3.05, 3.63) is 0 Å². The SMILES string of the molecule is NC(=O)[O-].OCC(O)CO.OCC(O)CO. The Morgan fingerprint density at radius 3 is 1.06 bits per heavy atom. The van der Waals surface area contributed by atoms with Gasteiger partial charge in [0.25, 0.3) is 0 Å². The fourth-order valence-corrected chi connectivity index (χ4v) is 0.115. The summed E-state index contributed by atoms with van der Waals surface area (Å²) in [7, 11) is 0. The van der Waals surface area contributed by atoms with Crippen LogP contribution in [0.3, 0.4) is 0 Å². The molecule has 1 amide bonds. The largest absolute Gasteiger partial charge is 0.530 e. The van der Waals surface area contributed by atoms with E-state index >= 15 is 0 Å². The van der Waals surface area contributed by atoms with E-state index in [4.69, 9.17) is 40.5 Å². The summed E-state index contributed by atoms with van der Waals surface area (Å²) in [5.74, 6) is 0. The number of carboxylic acid groups (broad SMARTS) is 1. The summed E-state index contributed by atoms with van der Waals surface area (Å²) in [6, 6.07) is 0. The van der Waals surface area contributed by atoms with Gasteiger partial charge in [-0.05, 0) is 0 Å². The van der Waals surface area contributed by atoms with E-state index in [9.17, 15) is 0 Å². The van der Waals surface area contributed by atoms with Crippen molar-refractivity contribution in [2.45, 2.75) is 12.2 Å². The second-order valence-corrected chi connectivity index (χ2v) is 2.36. The maximum absolute atomic E-state index is 8.67. The zero-order valence-corrected chi connectivity index (χ0v) is 8.56. The zero-order valence-electron chi connectivity index (χ0n) is 8.56. The highest BCUT2D eigenvalue weighted by atomic mass is 16.4. The van der Waals surface area contributed by atoms with Crippen LogP contribution in [0.15, 0.2) is 0 Å². The van der Waals surface area contributed by atoms with E-state index in [2.05, 4.69) is 5.73 Å². The Balaban J connectivity index is -0.000000162. The molecular weight excluding hydrogens is 226 g/mol. The monoisotopic (exact) mass is 244 g/mol. The van der Waals surface area contributed by atoms with E-state index in [-0.39, 0.29) is 26.4 Å². The lowest BCUT2D eigenvalue weighted by atomic mass is 10.4. The Morgan fingerprint density at radius 2 is 1.06 bits per heavy atom. The molecule has 0 saturated carbocycles. The Labute approximate surface area is 92.0 Å². The summed E-state index contributed by atoms with van der Waals surface area (Å²) in [6.45, 7) is -1.46. The second kappa shape index (κ2) is 16.5. The molecule has 0 radical (unpaired) electrons. The minimum atomic E-state index is -1.58. The number of aliphatic hydroxyl groups is 6. The van der Waals surface area contributed by atoms with Crippen LogP contribution in [0.25, 0.3) is 0 Å². The van der Waals surface area contributed by atoms with Gasteiger partial charge < -0.3 is 46.3 Å². The molecule has 0 aliphatic carbocycles. The number of aliphatic hydroxyl groups excluding tert-OH is 6. The molecule has 0 rings (SSSR count). The molecule has 16 heavy (non-hydrogen) atoms. The number of rotatable bonds is 4. The number of amides is 1. The quantitative estimate of drug-likeness (QED) is 0.256. The number of carbonyl (C=O) groups is 1. The fraction of sp³-hybridized carbons (Fsp3) is 0.857. The first-order chi connectivity index (χ1) is 7.35. The van der Waals surface area contributed by atoms with E-state index in [1.165, 1.54) is 0 Å². The molecule has 9 heteroatoms. The van der Waals surface area contributed by atoms with E-state index in [1.807, 2.05) is 0 Å². The smallest absolute Gasteiger partial charge is 0.131 e. The molecule has 0 bridgehead atoms. The highest BCUT2D eigenvalue weighted by Crippen LogP contribution is 1.72. The first-order valence-corrected chi connectivity index (χ1v) is 4.11. The zero-order chi connectivity index (χ0) is 13.6. The molecule has 0 heterocycles. The van der Waals surface area contributed by atoms with Gasteiger partial charge in [0.15, 0.2) is 0 Å². The van der Waals surface area contributed by atoms with Gasteiger partial charge in [0.1, 0.15) is 18.3 Å². The highest BCUT2D eigenvalue weighted by molar-refractivity contribution is 5.58. The summed E-state index contributed by atoms with van der Waals surface area (Å²) >= 11 is 0. The van der Waals surface area contributed by atoms with Crippen molar-refractivity contribution in [1.29, 1.82) is 0 Å². The molecule has 0 unspecified atom stereocenters. The van der Waals surface area contributed by atoms with Gasteiger partial charge in [-0.25, -0.2) is 0 Å². The molecule has 0 aliphatic rings. The van der Waals surface area contributed by atoms with Crippen LogP contribution >= 0.6 is 0 Å². The van der Waals surface area contributed by atoms with Crippen LogP contribution in [0.2, 0.25) is 0 Å². The molecule has 0 aliphatic heterocycles. The molecular formula is C7H18NO8-. The summed E-state index contributed by atoms with van der Waals surface area (Å²) < 4.78 is 0. The Morgan fingerprint density at radius 1 is 0.938 bits per heavy atom. The molecule has 0 atom stereocenters. The van der Waals surface area contributed by atoms with Crippen LogP contribution in [0.4, 0.5) is 4.79 Å².